The van der Waals surface area contributed by atoms with E-state index in [1.807, 2.05) is 71.1 Å². The van der Waals surface area contributed by atoms with Crippen molar-refractivity contribution in [2.24, 2.45) is 7.05 Å². The number of carbonyl (C=O) groups excluding carboxylic acids is 1. The van der Waals surface area contributed by atoms with E-state index in [2.05, 4.69) is 15.4 Å². The van der Waals surface area contributed by atoms with Gasteiger partial charge in [-0.05, 0) is 24.3 Å². The van der Waals surface area contributed by atoms with Gasteiger partial charge in [0.15, 0.2) is 0 Å². The molecule has 4 aromatic heterocycles. The lowest BCUT2D eigenvalue weighted by Gasteiger charge is -2.08. The molecule has 1 amide bonds. The molecule has 4 aromatic rings. The minimum atomic E-state index is -0.138. The molecule has 0 fully saturated rings. The first kappa shape index (κ1) is 15.2. The summed E-state index contributed by atoms with van der Waals surface area (Å²) in [5, 5.41) is 7.16. The summed E-state index contributed by atoms with van der Waals surface area (Å²) < 4.78 is 5.55. The summed E-state index contributed by atoms with van der Waals surface area (Å²) >= 11 is 0. The molecule has 0 aliphatic carbocycles. The van der Waals surface area contributed by atoms with Gasteiger partial charge in [-0.2, -0.15) is 5.10 Å². The molecule has 0 aromatic carbocycles. The van der Waals surface area contributed by atoms with E-state index < -0.39 is 0 Å². The van der Waals surface area contributed by atoms with Crippen molar-refractivity contribution >= 4 is 11.6 Å². The Balaban J connectivity index is 1.44. The summed E-state index contributed by atoms with van der Waals surface area (Å²) in [5.74, 6) is 0.607. The maximum absolute atomic E-state index is 12.5. The van der Waals surface area contributed by atoms with Gasteiger partial charge in [0, 0.05) is 44.8 Å². The molecule has 0 saturated heterocycles. The molecule has 0 bridgehead atoms. The summed E-state index contributed by atoms with van der Waals surface area (Å²) in [4.78, 5) is 17.1. The number of amides is 1. The number of nitrogens with zero attached hydrogens (tertiary/aromatic N) is 5. The van der Waals surface area contributed by atoms with Crippen molar-refractivity contribution in [1.29, 1.82) is 0 Å². The van der Waals surface area contributed by atoms with E-state index in [9.17, 15) is 4.79 Å². The number of nitrogens with one attached hydrogen (secondary N) is 1. The Morgan fingerprint density at radius 1 is 1.16 bits per heavy atom. The molecular formula is C18H18N6O. The molecular weight excluding hydrogens is 316 g/mol. The van der Waals surface area contributed by atoms with Crippen LogP contribution in [0.2, 0.25) is 0 Å². The second kappa shape index (κ2) is 6.27. The molecule has 4 heterocycles. The second-order valence-electron chi connectivity index (χ2n) is 5.80. The average molecular weight is 334 g/mol. The molecule has 7 nitrogen and oxygen atoms in total. The van der Waals surface area contributed by atoms with Crippen LogP contribution in [0.5, 0.6) is 0 Å². The molecule has 7 heteroatoms. The van der Waals surface area contributed by atoms with Crippen molar-refractivity contribution in [1.82, 2.24) is 29.0 Å². The van der Waals surface area contributed by atoms with Gasteiger partial charge < -0.3 is 14.3 Å². The predicted octanol–water partition coefficient (Wildman–Crippen LogP) is 1.83. The molecule has 25 heavy (non-hydrogen) atoms. The maximum Gasteiger partial charge on any atom is 0.256 e. The van der Waals surface area contributed by atoms with E-state index in [4.69, 9.17) is 0 Å². The molecule has 0 radical (unpaired) electrons. The summed E-state index contributed by atoms with van der Waals surface area (Å²) in [6, 6.07) is 9.71. The Morgan fingerprint density at radius 2 is 1.96 bits per heavy atom. The Bertz CT molecular complexity index is 978. The van der Waals surface area contributed by atoms with Crippen LogP contribution in [-0.2, 0) is 13.5 Å². The number of hydrogen-bond acceptors (Lipinski definition) is 3. The van der Waals surface area contributed by atoms with Crippen LogP contribution in [0.4, 0.5) is 0 Å². The first-order chi connectivity index (χ1) is 12.2. The lowest BCUT2D eigenvalue weighted by molar-refractivity contribution is 0.0954. The monoisotopic (exact) mass is 334 g/mol. The third-order valence-corrected chi connectivity index (χ3v) is 4.08. The lowest BCUT2D eigenvalue weighted by atomic mass is 10.2. The molecule has 0 atom stereocenters. The molecule has 0 spiro atoms. The normalized spacial score (nSPS) is 11.1. The van der Waals surface area contributed by atoms with Crippen molar-refractivity contribution in [3.63, 3.8) is 0 Å². The highest BCUT2D eigenvalue weighted by Gasteiger charge is 2.17. The standard InChI is InChI=1S/C18H18N6O/c1-22-18(23-9-4-5-10-23)15(12-20-22)17(25)19-8-7-14-13-24-11-3-2-6-16(24)21-14/h2-6,9-13H,7-8H2,1H3,(H,19,25). The van der Waals surface area contributed by atoms with Crippen molar-refractivity contribution < 1.29 is 4.79 Å². The second-order valence-corrected chi connectivity index (χ2v) is 5.80. The summed E-state index contributed by atoms with van der Waals surface area (Å²) in [6.07, 6.45) is 10.00. The first-order valence-corrected chi connectivity index (χ1v) is 8.08. The fourth-order valence-electron chi connectivity index (χ4n) is 2.88. The van der Waals surface area contributed by atoms with E-state index in [-0.39, 0.29) is 5.91 Å². The number of imidazole rings is 1. The van der Waals surface area contributed by atoms with E-state index in [0.29, 0.717) is 18.5 Å². The zero-order valence-corrected chi connectivity index (χ0v) is 13.8. The lowest BCUT2D eigenvalue weighted by Crippen LogP contribution is -2.26. The number of carbonyl (C=O) groups is 1. The van der Waals surface area contributed by atoms with E-state index in [1.165, 1.54) is 0 Å². The summed E-state index contributed by atoms with van der Waals surface area (Å²) in [5.41, 5.74) is 2.41. The van der Waals surface area contributed by atoms with Crippen LogP contribution in [0.1, 0.15) is 16.1 Å². The van der Waals surface area contributed by atoms with Crippen LogP contribution in [0.25, 0.3) is 11.5 Å². The van der Waals surface area contributed by atoms with Gasteiger partial charge in [-0.3, -0.25) is 9.48 Å². The number of aromatic nitrogens is 5. The topological polar surface area (TPSA) is 69.2 Å². The summed E-state index contributed by atoms with van der Waals surface area (Å²) in [6.45, 7) is 0.517. The van der Waals surface area contributed by atoms with Crippen LogP contribution in [0.15, 0.2) is 61.3 Å². The van der Waals surface area contributed by atoms with Crippen LogP contribution in [0, 0.1) is 0 Å². The zero-order chi connectivity index (χ0) is 17.2. The molecule has 0 unspecified atom stereocenters. The Labute approximate surface area is 144 Å². The smallest absolute Gasteiger partial charge is 0.256 e. The number of rotatable bonds is 5. The number of aryl methyl sites for hydroxylation is 1. The maximum atomic E-state index is 12.5. The number of hydrogen-bond donors (Lipinski definition) is 1. The van der Waals surface area contributed by atoms with Crippen LogP contribution in [0.3, 0.4) is 0 Å². The van der Waals surface area contributed by atoms with Gasteiger partial charge in [0.1, 0.15) is 17.0 Å². The first-order valence-electron chi connectivity index (χ1n) is 8.08. The largest absolute Gasteiger partial charge is 0.351 e. The van der Waals surface area contributed by atoms with E-state index in [1.54, 1.807) is 10.9 Å². The van der Waals surface area contributed by atoms with Crippen molar-refractivity contribution in [2.75, 3.05) is 6.54 Å². The quantitative estimate of drug-likeness (QED) is 0.605. The van der Waals surface area contributed by atoms with Gasteiger partial charge >= 0.3 is 0 Å². The minimum absolute atomic E-state index is 0.138. The minimum Gasteiger partial charge on any atom is -0.351 e. The van der Waals surface area contributed by atoms with Crippen LogP contribution >= 0.6 is 0 Å². The Hall–Kier alpha value is -3.35. The molecule has 126 valence electrons. The predicted molar refractivity (Wildman–Crippen MR) is 93.8 cm³/mol. The van der Waals surface area contributed by atoms with Gasteiger partial charge in [0.2, 0.25) is 0 Å². The van der Waals surface area contributed by atoms with Gasteiger partial charge in [-0.25, -0.2) is 4.98 Å². The Kier molecular flexibility index (Phi) is 3.81. The Morgan fingerprint density at radius 3 is 2.76 bits per heavy atom. The highest BCUT2D eigenvalue weighted by Crippen LogP contribution is 2.13. The molecule has 4 rings (SSSR count). The van der Waals surface area contributed by atoms with Crippen molar-refractivity contribution in [3.8, 4) is 5.82 Å². The van der Waals surface area contributed by atoms with Gasteiger partial charge in [-0.15, -0.1) is 0 Å². The SMILES string of the molecule is Cn1ncc(C(=O)NCCc2cn3ccccc3n2)c1-n1cccc1. The highest BCUT2D eigenvalue weighted by molar-refractivity contribution is 5.97. The molecule has 0 aliphatic rings. The van der Waals surface area contributed by atoms with E-state index >= 15 is 0 Å². The van der Waals surface area contributed by atoms with Gasteiger partial charge in [0.25, 0.3) is 5.91 Å². The zero-order valence-electron chi connectivity index (χ0n) is 13.8. The fraction of sp³-hybridized carbons (Fsp3) is 0.167. The van der Waals surface area contributed by atoms with Crippen LogP contribution in [-0.4, -0.2) is 36.2 Å². The summed E-state index contributed by atoms with van der Waals surface area (Å²) in [7, 11) is 1.82. The van der Waals surface area contributed by atoms with Gasteiger partial charge in [-0.1, -0.05) is 6.07 Å². The highest BCUT2D eigenvalue weighted by atomic mass is 16.1. The van der Waals surface area contributed by atoms with Crippen molar-refractivity contribution in [2.45, 2.75) is 6.42 Å². The third-order valence-electron chi connectivity index (χ3n) is 4.08. The van der Waals surface area contributed by atoms with E-state index in [0.717, 1.165) is 17.2 Å². The number of fused-ring (bicyclic) bond motifs is 1. The van der Waals surface area contributed by atoms with Crippen molar-refractivity contribution in [3.05, 3.63) is 72.6 Å². The third kappa shape index (κ3) is 2.91. The number of pyridine rings is 1. The average Bonchev–Trinajstić information content (AvgIpc) is 3.32. The fourth-order valence-corrected chi connectivity index (χ4v) is 2.88. The van der Waals surface area contributed by atoms with Gasteiger partial charge in [0.05, 0.1) is 11.9 Å². The molecule has 0 saturated carbocycles. The van der Waals surface area contributed by atoms with Crippen LogP contribution < -0.4 is 5.32 Å². The molecule has 1 N–H and O–H groups in total. The molecule has 0 aliphatic heterocycles.